The first-order valence-corrected chi connectivity index (χ1v) is 12.3. The summed E-state index contributed by atoms with van der Waals surface area (Å²) in [6.07, 6.45) is 8.53. The Morgan fingerprint density at radius 1 is 1.00 bits per heavy atom. The molecule has 1 aliphatic heterocycles. The van der Waals surface area contributed by atoms with Crippen molar-refractivity contribution in [2.75, 3.05) is 10.7 Å². The number of benzene rings is 1. The van der Waals surface area contributed by atoms with Crippen molar-refractivity contribution in [3.8, 4) is 0 Å². The van der Waals surface area contributed by atoms with Crippen LogP contribution in [0.25, 0.3) is 0 Å². The van der Waals surface area contributed by atoms with Gasteiger partial charge in [0.1, 0.15) is 0 Å². The van der Waals surface area contributed by atoms with Gasteiger partial charge in [0, 0.05) is 11.1 Å². The predicted molar refractivity (Wildman–Crippen MR) is 111 cm³/mol. The van der Waals surface area contributed by atoms with Crippen LogP contribution in [0.3, 0.4) is 0 Å². The van der Waals surface area contributed by atoms with E-state index in [9.17, 15) is 13.2 Å². The van der Waals surface area contributed by atoms with Crippen molar-refractivity contribution in [3.05, 3.63) is 40.8 Å². The molecule has 5 aliphatic rings. The molecule has 0 saturated heterocycles. The van der Waals surface area contributed by atoms with Crippen LogP contribution < -0.4 is 4.90 Å². The number of hydrogen-bond acceptors (Lipinski definition) is 3. The van der Waals surface area contributed by atoms with E-state index in [4.69, 9.17) is 0 Å². The Morgan fingerprint density at radius 3 is 2.11 bits per heavy atom. The van der Waals surface area contributed by atoms with Gasteiger partial charge in [0.2, 0.25) is 5.91 Å². The third-order valence-corrected chi connectivity index (χ3v) is 9.10. The lowest BCUT2D eigenvalue weighted by Gasteiger charge is -2.57. The summed E-state index contributed by atoms with van der Waals surface area (Å²) in [5.41, 5.74) is 2.87. The van der Waals surface area contributed by atoms with Crippen molar-refractivity contribution in [1.29, 1.82) is 0 Å². The van der Waals surface area contributed by atoms with Crippen LogP contribution in [0.4, 0.5) is 5.69 Å². The number of anilines is 1. The Bertz CT molecular complexity index is 927. The molecule has 5 heteroatoms. The lowest BCUT2D eigenvalue weighted by atomic mass is 9.49. The summed E-state index contributed by atoms with van der Waals surface area (Å²) in [5, 5.41) is 1.29. The summed E-state index contributed by atoms with van der Waals surface area (Å²) < 4.78 is 24.3. The molecule has 0 aromatic heterocycles. The first-order valence-electron chi connectivity index (χ1n) is 10.6. The van der Waals surface area contributed by atoms with E-state index >= 15 is 0 Å². The molecule has 6 rings (SSSR count). The molecule has 4 aliphatic carbocycles. The van der Waals surface area contributed by atoms with Crippen LogP contribution >= 0.6 is 0 Å². The van der Waals surface area contributed by atoms with Crippen molar-refractivity contribution in [2.45, 2.75) is 58.4 Å². The van der Waals surface area contributed by atoms with Gasteiger partial charge in [0.05, 0.1) is 17.2 Å². The molecule has 0 radical (unpaired) electrons. The van der Waals surface area contributed by atoms with Crippen LogP contribution in [0.15, 0.2) is 29.7 Å². The van der Waals surface area contributed by atoms with E-state index in [1.807, 2.05) is 30.0 Å². The van der Waals surface area contributed by atoms with Crippen molar-refractivity contribution in [1.82, 2.24) is 0 Å². The van der Waals surface area contributed by atoms with E-state index in [1.54, 1.807) is 6.08 Å². The Kier molecular flexibility index (Phi) is 4.07. The fourth-order valence-corrected chi connectivity index (χ4v) is 7.95. The fraction of sp³-hybridized carbons (Fsp3) is 0.609. The number of sulfone groups is 1. The maximum atomic E-state index is 14.1. The largest absolute Gasteiger partial charge is 0.304 e. The molecular formula is C23H29NO3S. The van der Waals surface area contributed by atoms with Crippen molar-refractivity contribution in [2.24, 2.45) is 23.2 Å². The number of aryl methyl sites for hydroxylation is 2. The van der Waals surface area contributed by atoms with Gasteiger partial charge in [-0.05, 0) is 99.5 Å². The molecule has 4 fully saturated rings. The second-order valence-electron chi connectivity index (χ2n) is 9.87. The molecule has 1 heterocycles. The zero-order chi connectivity index (χ0) is 19.7. The molecule has 28 heavy (non-hydrogen) atoms. The van der Waals surface area contributed by atoms with Gasteiger partial charge in [0.25, 0.3) is 0 Å². The Balaban J connectivity index is 1.55. The minimum Gasteiger partial charge on any atom is -0.304 e. The van der Waals surface area contributed by atoms with E-state index < -0.39 is 15.9 Å². The number of hydrogen-bond donors (Lipinski definition) is 0. The minimum absolute atomic E-state index is 0.00195. The molecule has 0 spiro atoms. The first kappa shape index (κ1) is 18.4. The normalized spacial score (nSPS) is 37.4. The highest BCUT2D eigenvalue weighted by molar-refractivity contribution is 7.94. The van der Waals surface area contributed by atoms with Crippen molar-refractivity contribution in [3.63, 3.8) is 0 Å². The quantitative estimate of drug-likeness (QED) is 0.767. The molecule has 1 amide bonds. The molecule has 1 aromatic rings. The molecule has 4 bridgehead atoms. The first-order chi connectivity index (χ1) is 13.2. The van der Waals surface area contributed by atoms with Gasteiger partial charge in [-0.3, -0.25) is 4.79 Å². The van der Waals surface area contributed by atoms with Gasteiger partial charge in [-0.25, -0.2) is 8.42 Å². The summed E-state index contributed by atoms with van der Waals surface area (Å²) in [6, 6.07) is 5.68. The molecule has 4 saturated carbocycles. The van der Waals surface area contributed by atoms with Crippen LogP contribution in [0, 0.1) is 37.0 Å². The third kappa shape index (κ3) is 2.94. The average Bonchev–Trinajstić information content (AvgIpc) is 2.96. The van der Waals surface area contributed by atoms with Gasteiger partial charge >= 0.3 is 0 Å². The van der Waals surface area contributed by atoms with E-state index in [-0.39, 0.29) is 17.1 Å². The summed E-state index contributed by atoms with van der Waals surface area (Å²) >= 11 is 0. The lowest BCUT2D eigenvalue weighted by molar-refractivity contribution is -0.143. The zero-order valence-corrected chi connectivity index (χ0v) is 17.5. The van der Waals surface area contributed by atoms with Gasteiger partial charge < -0.3 is 4.90 Å². The molecule has 1 atom stereocenters. The summed E-state index contributed by atoms with van der Waals surface area (Å²) in [5.74, 6) is 2.21. The zero-order valence-electron chi connectivity index (χ0n) is 16.7. The summed E-state index contributed by atoms with van der Waals surface area (Å²) in [7, 11) is -3.23. The van der Waals surface area contributed by atoms with Gasteiger partial charge in [-0.2, -0.15) is 0 Å². The SMILES string of the molecule is Cc1ccc(N(C(=O)C23CC4CC(CC(C4)C2)C3)C2C=CS(=O)(=O)C2)cc1C. The summed E-state index contributed by atoms with van der Waals surface area (Å²) in [4.78, 5) is 15.9. The van der Waals surface area contributed by atoms with Crippen LogP contribution in [0.2, 0.25) is 0 Å². The molecule has 150 valence electrons. The molecular weight excluding hydrogens is 370 g/mol. The molecule has 1 aromatic carbocycles. The second kappa shape index (κ2) is 6.19. The van der Waals surface area contributed by atoms with Crippen LogP contribution in [0.5, 0.6) is 0 Å². The maximum absolute atomic E-state index is 14.1. The number of carbonyl (C=O) groups is 1. The molecule has 4 nitrogen and oxygen atoms in total. The van der Waals surface area contributed by atoms with Gasteiger partial charge in [-0.15, -0.1) is 0 Å². The topological polar surface area (TPSA) is 54.5 Å². The van der Waals surface area contributed by atoms with E-state index in [2.05, 4.69) is 6.92 Å². The number of carbonyl (C=O) groups excluding carboxylic acids is 1. The van der Waals surface area contributed by atoms with E-state index in [1.165, 1.54) is 30.2 Å². The number of nitrogens with zero attached hydrogens (tertiary/aromatic N) is 1. The monoisotopic (exact) mass is 399 g/mol. The average molecular weight is 400 g/mol. The summed E-state index contributed by atoms with van der Waals surface area (Å²) in [6.45, 7) is 4.11. The smallest absolute Gasteiger partial charge is 0.233 e. The highest BCUT2D eigenvalue weighted by Gasteiger charge is 2.56. The Hall–Kier alpha value is -1.62. The van der Waals surface area contributed by atoms with Crippen LogP contribution in [0.1, 0.15) is 49.7 Å². The Morgan fingerprint density at radius 2 is 1.61 bits per heavy atom. The van der Waals surface area contributed by atoms with Crippen molar-refractivity contribution >= 4 is 21.4 Å². The second-order valence-corrected chi connectivity index (χ2v) is 11.8. The highest BCUT2D eigenvalue weighted by Crippen LogP contribution is 2.61. The van der Waals surface area contributed by atoms with Crippen molar-refractivity contribution < 1.29 is 13.2 Å². The fourth-order valence-electron chi connectivity index (χ4n) is 6.68. The van der Waals surface area contributed by atoms with Gasteiger partial charge in [-0.1, -0.05) is 6.07 Å². The standard InChI is InChI=1S/C23H29NO3S/c1-15-3-4-20(7-16(15)2)24(21-5-6-28(26,27)14-21)22(25)23-11-17-8-18(12-23)10-19(9-17)13-23/h3-7,17-19,21H,8-14H2,1-2H3. The minimum atomic E-state index is -3.23. The lowest BCUT2D eigenvalue weighted by Crippen LogP contribution is -2.57. The number of amides is 1. The molecule has 1 unspecified atom stereocenters. The maximum Gasteiger partial charge on any atom is 0.233 e. The van der Waals surface area contributed by atoms with E-state index in [0.29, 0.717) is 17.8 Å². The van der Waals surface area contributed by atoms with Crippen LogP contribution in [-0.2, 0) is 14.6 Å². The van der Waals surface area contributed by atoms with Gasteiger partial charge in [0.15, 0.2) is 9.84 Å². The molecule has 0 N–H and O–H groups in total. The Labute approximate surface area is 167 Å². The third-order valence-electron chi connectivity index (χ3n) is 7.72. The van der Waals surface area contributed by atoms with Crippen LogP contribution in [-0.4, -0.2) is 26.1 Å². The number of rotatable bonds is 3. The predicted octanol–water partition coefficient (Wildman–Crippen LogP) is 4.16. The van der Waals surface area contributed by atoms with E-state index in [0.717, 1.165) is 30.5 Å². The highest BCUT2D eigenvalue weighted by atomic mass is 32.2.